The first-order valence-corrected chi connectivity index (χ1v) is 6.69. The van der Waals surface area contributed by atoms with Crippen LogP contribution in [0, 0.1) is 13.8 Å². The number of nitrogens with one attached hydrogen (secondary N) is 1. The third kappa shape index (κ3) is 2.71. The van der Waals surface area contributed by atoms with Crippen molar-refractivity contribution in [1.29, 1.82) is 0 Å². The molecule has 0 saturated heterocycles. The maximum absolute atomic E-state index is 12.1. The van der Waals surface area contributed by atoms with Crippen LogP contribution >= 0.6 is 11.6 Å². The van der Waals surface area contributed by atoms with Crippen molar-refractivity contribution in [2.24, 2.45) is 0 Å². The van der Waals surface area contributed by atoms with Crippen LogP contribution in [0.5, 0.6) is 0 Å². The lowest BCUT2D eigenvalue weighted by atomic mass is 10.2. The Hall–Kier alpha value is -2.47. The Morgan fingerprint density at radius 3 is 2.81 bits per heavy atom. The first-order valence-electron chi connectivity index (χ1n) is 6.31. The van der Waals surface area contributed by atoms with Crippen LogP contribution in [0.15, 0.2) is 30.3 Å². The fourth-order valence-electron chi connectivity index (χ4n) is 2.02. The van der Waals surface area contributed by atoms with Crippen molar-refractivity contribution in [2.45, 2.75) is 13.8 Å². The normalized spacial score (nSPS) is 10.8. The number of halogens is 1. The van der Waals surface area contributed by atoms with Crippen LogP contribution in [-0.4, -0.2) is 25.5 Å². The Morgan fingerprint density at radius 2 is 2.05 bits per heavy atom. The van der Waals surface area contributed by atoms with E-state index in [1.807, 2.05) is 19.9 Å². The van der Waals surface area contributed by atoms with Gasteiger partial charge in [0.05, 0.1) is 0 Å². The maximum atomic E-state index is 12.1. The van der Waals surface area contributed by atoms with Gasteiger partial charge in [-0.05, 0) is 38.1 Å². The van der Waals surface area contributed by atoms with Gasteiger partial charge in [0, 0.05) is 22.0 Å². The molecule has 1 N–H and O–H groups in total. The summed E-state index contributed by atoms with van der Waals surface area (Å²) in [7, 11) is 0. The number of hydrogen-bond donors (Lipinski definition) is 1. The summed E-state index contributed by atoms with van der Waals surface area (Å²) in [6.07, 6.45) is 0. The Labute approximate surface area is 125 Å². The van der Waals surface area contributed by atoms with Crippen LogP contribution in [0.1, 0.15) is 21.7 Å². The lowest BCUT2D eigenvalue weighted by Crippen LogP contribution is -2.13. The van der Waals surface area contributed by atoms with E-state index in [4.69, 9.17) is 11.6 Å². The monoisotopic (exact) mass is 301 g/mol. The van der Waals surface area contributed by atoms with E-state index in [1.165, 1.54) is 0 Å². The van der Waals surface area contributed by atoms with E-state index in [1.54, 1.807) is 28.8 Å². The number of fused-ring (bicyclic) bond motifs is 1. The Kier molecular flexibility index (Phi) is 3.31. The Bertz CT molecular complexity index is 842. The lowest BCUT2D eigenvalue weighted by molar-refractivity contribution is 0.102. The fourth-order valence-corrected chi connectivity index (χ4v) is 2.21. The number of nitrogens with zero attached hydrogens (tertiary/aromatic N) is 4. The van der Waals surface area contributed by atoms with E-state index in [9.17, 15) is 4.79 Å². The van der Waals surface area contributed by atoms with Gasteiger partial charge < -0.3 is 0 Å². The van der Waals surface area contributed by atoms with Crippen molar-refractivity contribution in [2.75, 3.05) is 5.32 Å². The van der Waals surface area contributed by atoms with Crippen molar-refractivity contribution in [3.05, 3.63) is 52.3 Å². The summed E-state index contributed by atoms with van der Waals surface area (Å²) in [5.41, 5.74) is 2.19. The molecule has 0 atom stereocenters. The molecule has 0 aliphatic rings. The van der Waals surface area contributed by atoms with Gasteiger partial charge in [0.15, 0.2) is 0 Å². The van der Waals surface area contributed by atoms with Gasteiger partial charge in [0.2, 0.25) is 0 Å². The number of anilines is 1. The smallest absolute Gasteiger partial charge is 0.258 e. The van der Waals surface area contributed by atoms with E-state index in [-0.39, 0.29) is 11.9 Å². The molecule has 6 nitrogen and oxygen atoms in total. The van der Waals surface area contributed by atoms with Crippen molar-refractivity contribution in [3.63, 3.8) is 0 Å². The number of carbonyl (C=O) groups excluding carboxylic acids is 1. The molecule has 2 aromatic heterocycles. The lowest BCUT2D eigenvalue weighted by Gasteiger charge is -2.00. The summed E-state index contributed by atoms with van der Waals surface area (Å²) in [5, 5.41) is 7.36. The van der Waals surface area contributed by atoms with Crippen LogP contribution < -0.4 is 5.32 Å². The second-order valence-electron chi connectivity index (χ2n) is 4.65. The topological polar surface area (TPSA) is 72.2 Å². The standard InChI is InChI=1S/C14H12ClN5O/c1-8-6-9(2)20-14(16-8)18-13(19-20)17-12(21)10-4-3-5-11(15)7-10/h3-7H,1-2H3,(H,17,19,21). The van der Waals surface area contributed by atoms with Crippen molar-refractivity contribution in [3.8, 4) is 0 Å². The zero-order chi connectivity index (χ0) is 15.0. The number of aromatic nitrogens is 4. The minimum absolute atomic E-state index is 0.209. The predicted molar refractivity (Wildman–Crippen MR) is 79.7 cm³/mol. The van der Waals surface area contributed by atoms with Crippen LogP contribution in [0.3, 0.4) is 0 Å². The fraction of sp³-hybridized carbons (Fsp3) is 0.143. The number of aryl methyl sites for hydroxylation is 2. The van der Waals surface area contributed by atoms with Crippen LogP contribution in [0.4, 0.5) is 5.95 Å². The molecule has 0 unspecified atom stereocenters. The molecule has 2 heterocycles. The quantitative estimate of drug-likeness (QED) is 0.790. The summed E-state index contributed by atoms with van der Waals surface area (Å²) in [4.78, 5) is 20.6. The van der Waals surface area contributed by atoms with E-state index < -0.39 is 0 Å². The van der Waals surface area contributed by atoms with Gasteiger partial charge in [-0.15, -0.1) is 5.10 Å². The summed E-state index contributed by atoms with van der Waals surface area (Å²) >= 11 is 5.87. The number of amides is 1. The predicted octanol–water partition coefficient (Wildman–Crippen LogP) is 2.65. The summed E-state index contributed by atoms with van der Waals surface area (Å²) < 4.78 is 1.58. The van der Waals surface area contributed by atoms with Gasteiger partial charge in [0.1, 0.15) is 0 Å². The molecule has 0 spiro atoms. The van der Waals surface area contributed by atoms with E-state index >= 15 is 0 Å². The Morgan fingerprint density at radius 1 is 1.24 bits per heavy atom. The minimum Gasteiger partial charge on any atom is -0.289 e. The average molecular weight is 302 g/mol. The second kappa shape index (κ2) is 5.14. The second-order valence-corrected chi connectivity index (χ2v) is 5.09. The van der Waals surface area contributed by atoms with Gasteiger partial charge >= 0.3 is 0 Å². The van der Waals surface area contributed by atoms with Crippen molar-refractivity contribution < 1.29 is 4.79 Å². The molecule has 0 aliphatic heterocycles. The van der Waals surface area contributed by atoms with E-state index in [0.29, 0.717) is 16.4 Å². The SMILES string of the molecule is Cc1cc(C)n2nc(NC(=O)c3cccc(Cl)c3)nc2n1. The first-order chi connectivity index (χ1) is 10.0. The molecule has 3 aromatic rings. The Balaban J connectivity index is 1.91. The highest BCUT2D eigenvalue weighted by Gasteiger charge is 2.12. The van der Waals surface area contributed by atoms with Crippen LogP contribution in [0.2, 0.25) is 5.02 Å². The molecular formula is C14H12ClN5O. The molecular weight excluding hydrogens is 290 g/mol. The highest BCUT2D eigenvalue weighted by atomic mass is 35.5. The number of rotatable bonds is 2. The number of hydrogen-bond acceptors (Lipinski definition) is 4. The van der Waals surface area contributed by atoms with Crippen molar-refractivity contribution >= 4 is 29.2 Å². The third-order valence-electron chi connectivity index (χ3n) is 2.93. The molecule has 0 saturated carbocycles. The molecule has 7 heteroatoms. The van der Waals surface area contributed by atoms with E-state index in [2.05, 4.69) is 20.4 Å². The van der Waals surface area contributed by atoms with Crippen LogP contribution in [-0.2, 0) is 0 Å². The van der Waals surface area contributed by atoms with E-state index in [0.717, 1.165) is 11.4 Å². The molecule has 0 fully saturated rings. The molecule has 1 aromatic carbocycles. The highest BCUT2D eigenvalue weighted by molar-refractivity contribution is 6.31. The largest absolute Gasteiger partial charge is 0.289 e. The molecule has 0 aliphatic carbocycles. The van der Waals surface area contributed by atoms with Gasteiger partial charge in [-0.1, -0.05) is 17.7 Å². The zero-order valence-corrected chi connectivity index (χ0v) is 12.2. The number of benzene rings is 1. The third-order valence-corrected chi connectivity index (χ3v) is 3.17. The average Bonchev–Trinajstić information content (AvgIpc) is 2.81. The van der Waals surface area contributed by atoms with Crippen molar-refractivity contribution in [1.82, 2.24) is 19.6 Å². The summed E-state index contributed by atoms with van der Waals surface area (Å²) in [6, 6.07) is 8.57. The van der Waals surface area contributed by atoms with Gasteiger partial charge in [0.25, 0.3) is 17.6 Å². The van der Waals surface area contributed by atoms with Crippen LogP contribution in [0.25, 0.3) is 5.78 Å². The van der Waals surface area contributed by atoms with Gasteiger partial charge in [-0.3, -0.25) is 10.1 Å². The molecule has 21 heavy (non-hydrogen) atoms. The van der Waals surface area contributed by atoms with Gasteiger partial charge in [-0.25, -0.2) is 4.98 Å². The molecule has 0 bridgehead atoms. The highest BCUT2D eigenvalue weighted by Crippen LogP contribution is 2.13. The molecule has 0 radical (unpaired) electrons. The van der Waals surface area contributed by atoms with Gasteiger partial charge in [-0.2, -0.15) is 9.50 Å². The minimum atomic E-state index is -0.317. The maximum Gasteiger partial charge on any atom is 0.258 e. The molecule has 3 rings (SSSR count). The molecule has 1 amide bonds. The summed E-state index contributed by atoms with van der Waals surface area (Å²) in [6.45, 7) is 3.78. The first kappa shape index (κ1) is 13.5. The summed E-state index contributed by atoms with van der Waals surface area (Å²) in [5.74, 6) is 0.345. The molecule has 106 valence electrons. The zero-order valence-electron chi connectivity index (χ0n) is 11.5. The number of carbonyl (C=O) groups is 1.